The second kappa shape index (κ2) is 9.80. The fourth-order valence-corrected chi connectivity index (χ4v) is 5.07. The summed E-state index contributed by atoms with van der Waals surface area (Å²) in [5, 5.41) is 1.26. The summed E-state index contributed by atoms with van der Waals surface area (Å²) in [5.74, 6) is 1.07. The van der Waals surface area contributed by atoms with Crippen LogP contribution in [0.5, 0.6) is 0 Å². The van der Waals surface area contributed by atoms with Crippen LogP contribution in [0.25, 0.3) is 33.3 Å². The number of nitrogens with zero attached hydrogens (tertiary/aromatic N) is 5. The molecule has 182 valence electrons. The number of nitrogens with one attached hydrogen (secondary N) is 1. The monoisotopic (exact) mass is 468 g/mol. The van der Waals surface area contributed by atoms with Crippen molar-refractivity contribution >= 4 is 16.7 Å². The topological polar surface area (TPSA) is 51.3 Å². The van der Waals surface area contributed by atoms with Crippen LogP contribution in [0.2, 0.25) is 0 Å². The maximum atomic E-state index is 4.83. The van der Waals surface area contributed by atoms with E-state index in [4.69, 9.17) is 4.98 Å². The Kier molecular flexibility index (Phi) is 6.58. The average Bonchev–Trinajstić information content (AvgIpc) is 3.18. The smallest absolute Gasteiger partial charge is 0.128 e. The van der Waals surface area contributed by atoms with Gasteiger partial charge in [0.1, 0.15) is 5.82 Å². The highest BCUT2D eigenvalue weighted by molar-refractivity contribution is 5.93. The highest BCUT2D eigenvalue weighted by Crippen LogP contribution is 2.33. The number of rotatable bonds is 6. The van der Waals surface area contributed by atoms with Gasteiger partial charge in [0.15, 0.2) is 0 Å². The molecule has 5 rings (SSSR count). The first-order valence-electron chi connectivity index (χ1n) is 12.5. The number of aromatic amines is 1. The van der Waals surface area contributed by atoms with Gasteiger partial charge < -0.3 is 14.8 Å². The third-order valence-electron chi connectivity index (χ3n) is 7.07. The van der Waals surface area contributed by atoms with E-state index in [9.17, 15) is 0 Å². The fourth-order valence-electron chi connectivity index (χ4n) is 5.07. The second-order valence-corrected chi connectivity index (χ2v) is 10.1. The Morgan fingerprint density at radius 2 is 1.57 bits per heavy atom. The van der Waals surface area contributed by atoms with Crippen LogP contribution in [0, 0.1) is 20.8 Å². The zero-order valence-corrected chi connectivity index (χ0v) is 21.6. The normalized spacial score (nSPS) is 14.9. The first-order chi connectivity index (χ1) is 16.9. The van der Waals surface area contributed by atoms with E-state index in [2.05, 4.69) is 88.2 Å². The molecular weight excluding hydrogens is 432 g/mol. The number of anilines is 1. The minimum absolute atomic E-state index is 1.03. The number of hydrogen-bond acceptors (Lipinski definition) is 5. The molecule has 6 heteroatoms. The lowest BCUT2D eigenvalue weighted by atomic mass is 10.0. The third kappa shape index (κ3) is 5.09. The number of piperazine rings is 1. The Labute approximate surface area is 208 Å². The molecule has 0 radical (unpaired) electrons. The van der Waals surface area contributed by atoms with Gasteiger partial charge in [-0.15, -0.1) is 0 Å². The standard InChI is InChI=1S/C29H36N6/c1-20-16-25(17-21(2)31-20)29-22(3)26-8-6-23(18-27(26)32-29)24-7-9-28(30-19-24)35-14-12-34(13-15-35)11-10-33(4)5/h6-9,16-19,32H,10-15H2,1-5H3. The fraction of sp³-hybridized carbons (Fsp3) is 0.379. The highest BCUT2D eigenvalue weighted by Gasteiger charge is 2.18. The van der Waals surface area contributed by atoms with E-state index < -0.39 is 0 Å². The Bertz CT molecular complexity index is 1290. The van der Waals surface area contributed by atoms with Gasteiger partial charge in [-0.25, -0.2) is 4.98 Å². The molecule has 4 heterocycles. The van der Waals surface area contributed by atoms with Crippen LogP contribution in [0.4, 0.5) is 5.82 Å². The van der Waals surface area contributed by atoms with E-state index in [0.717, 1.165) is 67.6 Å². The zero-order chi connectivity index (χ0) is 24.5. The molecule has 0 bridgehead atoms. The summed E-state index contributed by atoms with van der Waals surface area (Å²) in [6.45, 7) is 12.8. The van der Waals surface area contributed by atoms with Crippen LogP contribution in [0.1, 0.15) is 17.0 Å². The molecule has 3 aromatic heterocycles. The Morgan fingerprint density at radius 1 is 0.857 bits per heavy atom. The van der Waals surface area contributed by atoms with Gasteiger partial charge >= 0.3 is 0 Å². The van der Waals surface area contributed by atoms with Crippen molar-refractivity contribution < 1.29 is 0 Å². The lowest BCUT2D eigenvalue weighted by Crippen LogP contribution is -2.48. The van der Waals surface area contributed by atoms with E-state index in [0.29, 0.717) is 0 Å². The summed E-state index contributed by atoms with van der Waals surface area (Å²) in [7, 11) is 4.27. The van der Waals surface area contributed by atoms with Gasteiger partial charge in [0, 0.05) is 84.6 Å². The van der Waals surface area contributed by atoms with E-state index in [-0.39, 0.29) is 0 Å². The van der Waals surface area contributed by atoms with Crippen LogP contribution in [0.3, 0.4) is 0 Å². The molecule has 1 aromatic carbocycles. The first-order valence-corrected chi connectivity index (χ1v) is 12.5. The molecule has 35 heavy (non-hydrogen) atoms. The SMILES string of the molecule is Cc1cc(-c2[nH]c3cc(-c4ccc(N5CCN(CCN(C)C)CC5)nc4)ccc3c2C)cc(C)n1. The van der Waals surface area contributed by atoms with Crippen LogP contribution in [0.15, 0.2) is 48.7 Å². The van der Waals surface area contributed by atoms with E-state index >= 15 is 0 Å². The van der Waals surface area contributed by atoms with Crippen molar-refractivity contribution in [3.8, 4) is 22.4 Å². The quantitative estimate of drug-likeness (QED) is 0.436. The molecule has 6 nitrogen and oxygen atoms in total. The lowest BCUT2D eigenvalue weighted by Gasteiger charge is -2.35. The van der Waals surface area contributed by atoms with E-state index in [1.807, 2.05) is 20.0 Å². The molecule has 0 unspecified atom stereocenters. The van der Waals surface area contributed by atoms with E-state index in [1.165, 1.54) is 27.8 Å². The molecule has 1 aliphatic heterocycles. The van der Waals surface area contributed by atoms with Crippen LogP contribution in [-0.2, 0) is 0 Å². The number of H-pyrrole nitrogens is 1. The summed E-state index contributed by atoms with van der Waals surface area (Å²) < 4.78 is 0. The summed E-state index contributed by atoms with van der Waals surface area (Å²) in [6, 6.07) is 15.3. The minimum Gasteiger partial charge on any atom is -0.354 e. The third-order valence-corrected chi connectivity index (χ3v) is 7.07. The number of hydrogen-bond donors (Lipinski definition) is 1. The zero-order valence-electron chi connectivity index (χ0n) is 21.6. The molecule has 1 saturated heterocycles. The minimum atomic E-state index is 1.03. The van der Waals surface area contributed by atoms with Gasteiger partial charge in [-0.1, -0.05) is 12.1 Å². The van der Waals surface area contributed by atoms with Gasteiger partial charge in [0.25, 0.3) is 0 Å². The van der Waals surface area contributed by atoms with Gasteiger partial charge in [-0.2, -0.15) is 0 Å². The molecule has 1 fully saturated rings. The number of benzene rings is 1. The van der Waals surface area contributed by atoms with Crippen LogP contribution in [-0.4, -0.2) is 78.1 Å². The number of aryl methyl sites for hydroxylation is 3. The molecule has 0 aliphatic carbocycles. The Hall–Kier alpha value is -3.22. The maximum Gasteiger partial charge on any atom is 0.128 e. The van der Waals surface area contributed by atoms with Crippen molar-refractivity contribution in [2.75, 3.05) is 58.3 Å². The number of aromatic nitrogens is 3. The van der Waals surface area contributed by atoms with Crippen molar-refractivity contribution in [1.29, 1.82) is 0 Å². The van der Waals surface area contributed by atoms with Gasteiger partial charge in [0.2, 0.25) is 0 Å². The maximum absolute atomic E-state index is 4.83. The number of pyridine rings is 2. The molecule has 1 N–H and O–H groups in total. The number of likely N-dealkylation sites (N-methyl/N-ethyl adjacent to an activating group) is 1. The van der Waals surface area contributed by atoms with Crippen molar-refractivity contribution in [3.63, 3.8) is 0 Å². The predicted octanol–water partition coefficient (Wildman–Crippen LogP) is 4.90. The molecule has 4 aromatic rings. The summed E-state index contributed by atoms with van der Waals surface area (Å²) >= 11 is 0. The van der Waals surface area contributed by atoms with Crippen LogP contribution < -0.4 is 4.90 Å². The number of fused-ring (bicyclic) bond motifs is 1. The molecular formula is C29H36N6. The molecule has 0 saturated carbocycles. The Morgan fingerprint density at radius 3 is 2.23 bits per heavy atom. The molecule has 0 amide bonds. The summed E-state index contributed by atoms with van der Waals surface area (Å²) in [5.41, 5.74) is 9.20. The second-order valence-electron chi connectivity index (χ2n) is 10.1. The molecule has 0 atom stereocenters. The summed E-state index contributed by atoms with van der Waals surface area (Å²) in [6.07, 6.45) is 2.02. The van der Waals surface area contributed by atoms with Crippen molar-refractivity contribution in [3.05, 3.63) is 65.6 Å². The van der Waals surface area contributed by atoms with Crippen molar-refractivity contribution in [2.24, 2.45) is 0 Å². The van der Waals surface area contributed by atoms with Gasteiger partial charge in [0.05, 0.1) is 0 Å². The molecule has 1 aliphatic rings. The summed E-state index contributed by atoms with van der Waals surface area (Å²) in [4.78, 5) is 20.2. The molecule has 0 spiro atoms. The average molecular weight is 469 g/mol. The Balaban J connectivity index is 1.33. The van der Waals surface area contributed by atoms with Crippen LogP contribution >= 0.6 is 0 Å². The van der Waals surface area contributed by atoms with Gasteiger partial charge in [-0.05, 0) is 76.3 Å². The van der Waals surface area contributed by atoms with Gasteiger partial charge in [-0.3, -0.25) is 9.88 Å². The van der Waals surface area contributed by atoms with Crippen molar-refractivity contribution in [1.82, 2.24) is 24.8 Å². The first kappa shape index (κ1) is 23.5. The largest absolute Gasteiger partial charge is 0.354 e. The van der Waals surface area contributed by atoms with E-state index in [1.54, 1.807) is 0 Å². The predicted molar refractivity (Wildman–Crippen MR) is 146 cm³/mol. The van der Waals surface area contributed by atoms with Crippen molar-refractivity contribution in [2.45, 2.75) is 20.8 Å². The highest BCUT2D eigenvalue weighted by atomic mass is 15.3. The lowest BCUT2D eigenvalue weighted by molar-refractivity contribution is 0.229.